The maximum Gasteiger partial charge on any atom is 0.199 e. The van der Waals surface area contributed by atoms with E-state index < -0.39 is 5.60 Å². The van der Waals surface area contributed by atoms with Gasteiger partial charge in [-0.2, -0.15) is 0 Å². The number of hydrogen-bond donors (Lipinski definition) is 0. The molecule has 0 spiro atoms. The predicted molar refractivity (Wildman–Crippen MR) is 122 cm³/mol. The summed E-state index contributed by atoms with van der Waals surface area (Å²) in [6, 6.07) is 26.6. The molecule has 4 rings (SSSR count). The minimum atomic E-state index is -0.974. The van der Waals surface area contributed by atoms with Gasteiger partial charge in [-0.25, -0.2) is 0 Å². The standard InChI is InChI=1S/C26H28O2Si/c1-25(2,3)22-16-10-15-20-21(22)17-23(18-11-6-4-7-12-18)26(28-29,24(20)27)19-13-8-5-9-14-19/h4-16,23H,17H2,1-3,29H3. The van der Waals surface area contributed by atoms with Crippen LogP contribution >= 0.6 is 0 Å². The van der Waals surface area contributed by atoms with Gasteiger partial charge in [0.05, 0.1) is 0 Å². The molecular formula is C26H28O2Si. The number of fused-ring (bicyclic) bond motifs is 1. The van der Waals surface area contributed by atoms with Crippen LogP contribution in [0.1, 0.15) is 59.3 Å². The first-order valence-corrected chi connectivity index (χ1v) is 11.0. The highest BCUT2D eigenvalue weighted by molar-refractivity contribution is 6.10. The highest BCUT2D eigenvalue weighted by atomic mass is 28.2. The molecule has 3 aromatic carbocycles. The fourth-order valence-electron chi connectivity index (χ4n) is 4.84. The van der Waals surface area contributed by atoms with Crippen LogP contribution in [0.15, 0.2) is 78.9 Å². The Morgan fingerprint density at radius 2 is 1.52 bits per heavy atom. The van der Waals surface area contributed by atoms with Crippen LogP contribution in [0.25, 0.3) is 0 Å². The second-order valence-corrected chi connectivity index (χ2v) is 9.29. The van der Waals surface area contributed by atoms with Crippen molar-refractivity contribution >= 4 is 16.3 Å². The van der Waals surface area contributed by atoms with Gasteiger partial charge in [-0.1, -0.05) is 99.6 Å². The number of ketones is 1. The zero-order valence-electron chi connectivity index (χ0n) is 17.6. The van der Waals surface area contributed by atoms with Crippen molar-refractivity contribution in [3.8, 4) is 0 Å². The van der Waals surface area contributed by atoms with E-state index in [0.29, 0.717) is 10.5 Å². The third-order valence-corrected chi connectivity index (χ3v) is 6.84. The largest absolute Gasteiger partial charge is 0.411 e. The first-order valence-electron chi connectivity index (χ1n) is 10.2. The van der Waals surface area contributed by atoms with E-state index in [-0.39, 0.29) is 17.1 Å². The summed E-state index contributed by atoms with van der Waals surface area (Å²) < 4.78 is 6.32. The summed E-state index contributed by atoms with van der Waals surface area (Å²) in [5, 5.41) is 0. The van der Waals surface area contributed by atoms with Gasteiger partial charge in [0.25, 0.3) is 0 Å². The summed E-state index contributed by atoms with van der Waals surface area (Å²) in [6.07, 6.45) is 0.787. The fourth-order valence-corrected chi connectivity index (χ4v) is 5.54. The molecule has 0 N–H and O–H groups in total. The first kappa shape index (κ1) is 19.8. The van der Waals surface area contributed by atoms with Gasteiger partial charge in [0.15, 0.2) is 11.4 Å². The molecule has 0 bridgehead atoms. The lowest BCUT2D eigenvalue weighted by atomic mass is 9.64. The van der Waals surface area contributed by atoms with Gasteiger partial charge in [-0.3, -0.25) is 4.79 Å². The van der Waals surface area contributed by atoms with Crippen molar-refractivity contribution in [2.24, 2.45) is 0 Å². The highest BCUT2D eigenvalue weighted by Crippen LogP contribution is 2.49. The second-order valence-electron chi connectivity index (χ2n) is 8.88. The molecule has 3 aromatic rings. The Labute approximate surface area is 176 Å². The summed E-state index contributed by atoms with van der Waals surface area (Å²) in [5.41, 5.74) is 4.32. The summed E-state index contributed by atoms with van der Waals surface area (Å²) in [6.45, 7) is 6.65. The number of carbonyl (C=O) groups excluding carboxylic acids is 1. The quantitative estimate of drug-likeness (QED) is 0.596. The molecule has 0 fully saturated rings. The van der Waals surface area contributed by atoms with Gasteiger partial charge in [-0.15, -0.1) is 0 Å². The second kappa shape index (κ2) is 7.40. The molecule has 0 heterocycles. The van der Waals surface area contributed by atoms with Gasteiger partial charge in [0.1, 0.15) is 10.5 Å². The zero-order valence-corrected chi connectivity index (χ0v) is 19.6. The van der Waals surface area contributed by atoms with E-state index in [9.17, 15) is 4.79 Å². The van der Waals surface area contributed by atoms with Gasteiger partial charge >= 0.3 is 0 Å². The molecule has 0 aromatic heterocycles. The molecule has 0 aliphatic heterocycles. The molecule has 2 unspecified atom stereocenters. The maximum atomic E-state index is 14.1. The van der Waals surface area contributed by atoms with E-state index in [1.54, 1.807) is 0 Å². The maximum absolute atomic E-state index is 14.1. The van der Waals surface area contributed by atoms with Crippen molar-refractivity contribution in [1.82, 2.24) is 0 Å². The van der Waals surface area contributed by atoms with Crippen LogP contribution in [0, 0.1) is 0 Å². The van der Waals surface area contributed by atoms with E-state index in [1.807, 2.05) is 60.7 Å². The highest BCUT2D eigenvalue weighted by Gasteiger charge is 2.52. The molecule has 148 valence electrons. The molecule has 3 heteroatoms. The van der Waals surface area contributed by atoms with Crippen LogP contribution < -0.4 is 0 Å². The minimum Gasteiger partial charge on any atom is -0.411 e. The molecule has 2 nitrogen and oxygen atoms in total. The van der Waals surface area contributed by atoms with Crippen molar-refractivity contribution < 1.29 is 9.22 Å². The van der Waals surface area contributed by atoms with Crippen LogP contribution in [0.3, 0.4) is 0 Å². The number of rotatable bonds is 3. The summed E-state index contributed by atoms with van der Waals surface area (Å²) >= 11 is 0. The number of hydrogen-bond acceptors (Lipinski definition) is 2. The van der Waals surface area contributed by atoms with Crippen molar-refractivity contribution in [3.05, 3.63) is 107 Å². The Bertz CT molecular complexity index is 1020. The molecule has 0 saturated carbocycles. The topological polar surface area (TPSA) is 26.3 Å². The molecule has 0 amide bonds. The Balaban J connectivity index is 2.02. The third-order valence-electron chi connectivity index (χ3n) is 6.19. The van der Waals surface area contributed by atoms with E-state index in [1.165, 1.54) is 11.1 Å². The van der Waals surface area contributed by atoms with Crippen molar-refractivity contribution in [1.29, 1.82) is 0 Å². The Kier molecular flexibility index (Phi) is 5.05. The van der Waals surface area contributed by atoms with Crippen LogP contribution in [-0.2, 0) is 21.9 Å². The van der Waals surface area contributed by atoms with Crippen LogP contribution in [0.4, 0.5) is 0 Å². The smallest absolute Gasteiger partial charge is 0.199 e. The van der Waals surface area contributed by atoms with E-state index in [0.717, 1.165) is 23.1 Å². The normalized spacial score (nSPS) is 21.8. The molecule has 1 aliphatic carbocycles. The fraction of sp³-hybridized carbons (Fsp3) is 0.269. The summed E-state index contributed by atoms with van der Waals surface area (Å²) in [5.74, 6) is 0.0204. The Morgan fingerprint density at radius 3 is 2.10 bits per heavy atom. The predicted octanol–water partition coefficient (Wildman–Crippen LogP) is 4.70. The molecular weight excluding hydrogens is 372 g/mol. The number of Topliss-reactive ketones (excluding diaryl/α,β-unsaturated/α-hetero) is 1. The lowest BCUT2D eigenvalue weighted by molar-refractivity contribution is 0.0301. The van der Waals surface area contributed by atoms with Gasteiger partial charge in [-0.05, 0) is 34.1 Å². The molecule has 0 radical (unpaired) electrons. The molecule has 1 aliphatic rings. The van der Waals surface area contributed by atoms with E-state index >= 15 is 0 Å². The van der Waals surface area contributed by atoms with Crippen LogP contribution in [-0.4, -0.2) is 16.3 Å². The average Bonchev–Trinajstić information content (AvgIpc) is 2.74. The minimum absolute atomic E-state index is 0.0264. The number of benzene rings is 3. The molecule has 0 saturated heterocycles. The van der Waals surface area contributed by atoms with Crippen molar-refractivity contribution in [3.63, 3.8) is 0 Å². The van der Waals surface area contributed by atoms with E-state index in [4.69, 9.17) is 4.43 Å². The summed E-state index contributed by atoms with van der Waals surface area (Å²) in [4.78, 5) is 14.1. The van der Waals surface area contributed by atoms with Gasteiger partial charge < -0.3 is 4.43 Å². The first-order chi connectivity index (χ1) is 13.9. The Morgan fingerprint density at radius 1 is 0.897 bits per heavy atom. The lowest BCUT2D eigenvalue weighted by Gasteiger charge is -2.44. The summed E-state index contributed by atoms with van der Waals surface area (Å²) in [7, 11) is 0.477. The van der Waals surface area contributed by atoms with Crippen LogP contribution in [0.2, 0.25) is 0 Å². The van der Waals surface area contributed by atoms with Crippen LogP contribution in [0.5, 0.6) is 0 Å². The van der Waals surface area contributed by atoms with Crippen molar-refractivity contribution in [2.45, 2.75) is 44.1 Å². The van der Waals surface area contributed by atoms with Crippen molar-refractivity contribution in [2.75, 3.05) is 0 Å². The van der Waals surface area contributed by atoms with E-state index in [2.05, 4.69) is 39.0 Å². The zero-order chi connectivity index (χ0) is 20.6. The average molecular weight is 401 g/mol. The third kappa shape index (κ3) is 3.19. The molecule has 2 atom stereocenters. The number of carbonyl (C=O) groups is 1. The lowest BCUT2D eigenvalue weighted by Crippen LogP contribution is -2.48. The SMILES string of the molecule is CC(C)(C)c1cccc2c1CC(c1ccccc1)C(O[SiH3])(c1ccccc1)C2=O. The molecule has 29 heavy (non-hydrogen) atoms. The Hall–Kier alpha value is -2.49. The monoisotopic (exact) mass is 400 g/mol. The van der Waals surface area contributed by atoms with Gasteiger partial charge in [0.2, 0.25) is 0 Å². The van der Waals surface area contributed by atoms with Gasteiger partial charge in [0, 0.05) is 11.5 Å².